The van der Waals surface area contributed by atoms with E-state index in [1.807, 2.05) is 25.1 Å². The summed E-state index contributed by atoms with van der Waals surface area (Å²) >= 11 is 6.23. The zero-order valence-electron chi connectivity index (χ0n) is 14.3. The van der Waals surface area contributed by atoms with Gasteiger partial charge in [0.05, 0.1) is 10.7 Å². The van der Waals surface area contributed by atoms with Crippen molar-refractivity contribution in [3.05, 3.63) is 65.2 Å². The van der Waals surface area contributed by atoms with Crippen molar-refractivity contribution in [2.45, 2.75) is 18.2 Å². The molecule has 0 saturated carbocycles. The van der Waals surface area contributed by atoms with E-state index in [2.05, 4.69) is 15.4 Å². The summed E-state index contributed by atoms with van der Waals surface area (Å²) < 4.78 is 13.0. The molecule has 0 saturated heterocycles. The van der Waals surface area contributed by atoms with Crippen molar-refractivity contribution in [2.24, 2.45) is 0 Å². The van der Waals surface area contributed by atoms with Crippen LogP contribution in [0, 0.1) is 0 Å². The summed E-state index contributed by atoms with van der Waals surface area (Å²) in [6, 6.07) is 14.1. The summed E-state index contributed by atoms with van der Waals surface area (Å²) in [5, 5.41) is 7.59. The molecule has 1 N–H and O–H groups in total. The zero-order chi connectivity index (χ0) is 18.7. The molecule has 134 valence electrons. The van der Waals surface area contributed by atoms with Crippen molar-refractivity contribution in [1.29, 1.82) is 0 Å². The molecule has 0 aliphatic carbocycles. The molecule has 0 fully saturated rings. The van der Waals surface area contributed by atoms with E-state index in [1.54, 1.807) is 41.3 Å². The SMILES string of the molecule is CCc1nc(C(=O)Nc2ccc([S@@](C)=O)cc2)nn1-c1ccccc1Cl. The summed E-state index contributed by atoms with van der Waals surface area (Å²) in [6.07, 6.45) is 2.20. The number of hydrogen-bond donors (Lipinski definition) is 1. The first-order valence-corrected chi connectivity index (χ1v) is 9.89. The van der Waals surface area contributed by atoms with Crippen LogP contribution < -0.4 is 5.32 Å². The number of aromatic nitrogens is 3. The molecule has 3 rings (SSSR count). The van der Waals surface area contributed by atoms with Crippen LogP contribution in [0.2, 0.25) is 5.02 Å². The van der Waals surface area contributed by atoms with Gasteiger partial charge < -0.3 is 5.32 Å². The molecule has 2 aromatic carbocycles. The number of rotatable bonds is 5. The molecule has 0 unspecified atom stereocenters. The molecule has 8 heteroatoms. The second kappa shape index (κ2) is 7.80. The van der Waals surface area contributed by atoms with Gasteiger partial charge in [0, 0.05) is 34.1 Å². The number of benzene rings is 2. The Morgan fingerprint density at radius 3 is 2.50 bits per heavy atom. The largest absolute Gasteiger partial charge is 0.319 e. The number of carbonyl (C=O) groups excluding carboxylic acids is 1. The predicted molar refractivity (Wildman–Crippen MR) is 102 cm³/mol. The number of aryl methyl sites for hydroxylation is 1. The molecule has 6 nitrogen and oxygen atoms in total. The molecular weight excluding hydrogens is 372 g/mol. The predicted octanol–water partition coefficient (Wildman–Crippen LogP) is 3.47. The van der Waals surface area contributed by atoms with E-state index in [-0.39, 0.29) is 5.82 Å². The zero-order valence-corrected chi connectivity index (χ0v) is 15.8. The second-order valence-electron chi connectivity index (χ2n) is 5.50. The van der Waals surface area contributed by atoms with E-state index in [9.17, 15) is 9.00 Å². The lowest BCUT2D eigenvalue weighted by molar-refractivity contribution is 0.101. The Balaban J connectivity index is 1.86. The molecule has 3 aromatic rings. The fourth-order valence-corrected chi connectivity index (χ4v) is 3.14. The second-order valence-corrected chi connectivity index (χ2v) is 7.29. The fraction of sp³-hybridized carbons (Fsp3) is 0.167. The Morgan fingerprint density at radius 2 is 1.88 bits per heavy atom. The molecule has 1 amide bonds. The van der Waals surface area contributed by atoms with Gasteiger partial charge in [0.15, 0.2) is 0 Å². The van der Waals surface area contributed by atoms with Crippen LogP contribution in [0.5, 0.6) is 0 Å². The van der Waals surface area contributed by atoms with E-state index in [4.69, 9.17) is 11.6 Å². The van der Waals surface area contributed by atoms with Crippen molar-refractivity contribution in [1.82, 2.24) is 14.8 Å². The van der Waals surface area contributed by atoms with Crippen LogP contribution in [-0.2, 0) is 17.2 Å². The molecule has 26 heavy (non-hydrogen) atoms. The van der Waals surface area contributed by atoms with Gasteiger partial charge in [-0.25, -0.2) is 9.67 Å². The van der Waals surface area contributed by atoms with Crippen molar-refractivity contribution in [3.8, 4) is 5.69 Å². The Morgan fingerprint density at radius 1 is 1.19 bits per heavy atom. The van der Waals surface area contributed by atoms with Crippen molar-refractivity contribution in [2.75, 3.05) is 11.6 Å². The third kappa shape index (κ3) is 3.84. The quantitative estimate of drug-likeness (QED) is 0.726. The Bertz CT molecular complexity index is 970. The maximum Gasteiger partial charge on any atom is 0.295 e. The van der Waals surface area contributed by atoms with Crippen LogP contribution in [-0.4, -0.2) is 31.1 Å². The maximum absolute atomic E-state index is 12.5. The minimum absolute atomic E-state index is 0.0601. The standard InChI is InChI=1S/C18H17ClN4O2S/c1-3-16-21-17(22-23(16)15-7-5-4-6-14(15)19)18(24)20-12-8-10-13(11-9-12)26(2)25/h4-11H,3H2,1-2H3,(H,20,24)/t26-/m1/s1. The van der Waals surface area contributed by atoms with Crippen molar-refractivity contribution in [3.63, 3.8) is 0 Å². The highest BCUT2D eigenvalue weighted by atomic mass is 35.5. The number of carbonyl (C=O) groups is 1. The topological polar surface area (TPSA) is 76.9 Å². The van der Waals surface area contributed by atoms with E-state index in [0.29, 0.717) is 33.5 Å². The van der Waals surface area contributed by atoms with Gasteiger partial charge in [-0.05, 0) is 36.4 Å². The van der Waals surface area contributed by atoms with Crippen LogP contribution in [0.4, 0.5) is 5.69 Å². The van der Waals surface area contributed by atoms with E-state index in [0.717, 1.165) is 0 Å². The Kier molecular flexibility index (Phi) is 5.49. The van der Waals surface area contributed by atoms with Gasteiger partial charge in [0.2, 0.25) is 5.82 Å². The number of para-hydroxylation sites is 1. The lowest BCUT2D eigenvalue weighted by atomic mass is 10.3. The molecule has 0 bridgehead atoms. The average Bonchev–Trinajstić information content (AvgIpc) is 3.07. The van der Waals surface area contributed by atoms with E-state index in [1.165, 1.54) is 0 Å². The molecule has 0 aliphatic rings. The van der Waals surface area contributed by atoms with Gasteiger partial charge >= 0.3 is 0 Å². The van der Waals surface area contributed by atoms with Crippen molar-refractivity contribution >= 4 is 34.0 Å². The lowest BCUT2D eigenvalue weighted by Crippen LogP contribution is -2.14. The molecular formula is C18H17ClN4O2S. The normalized spacial score (nSPS) is 12.0. The first-order valence-electron chi connectivity index (χ1n) is 7.95. The minimum Gasteiger partial charge on any atom is -0.319 e. The smallest absolute Gasteiger partial charge is 0.295 e. The highest BCUT2D eigenvalue weighted by Gasteiger charge is 2.18. The van der Waals surface area contributed by atoms with Crippen LogP contribution in [0.25, 0.3) is 5.69 Å². The van der Waals surface area contributed by atoms with Gasteiger partial charge in [-0.2, -0.15) is 0 Å². The molecule has 0 spiro atoms. The number of amides is 1. The van der Waals surface area contributed by atoms with Crippen LogP contribution in [0.1, 0.15) is 23.4 Å². The summed E-state index contributed by atoms with van der Waals surface area (Å²) in [6.45, 7) is 1.93. The van der Waals surface area contributed by atoms with E-state index < -0.39 is 16.7 Å². The first kappa shape index (κ1) is 18.3. The maximum atomic E-state index is 12.5. The summed E-state index contributed by atoms with van der Waals surface area (Å²) in [5.41, 5.74) is 1.25. The Hall–Kier alpha value is -2.51. The summed E-state index contributed by atoms with van der Waals surface area (Å²) in [5.74, 6) is 0.278. The number of halogens is 1. The van der Waals surface area contributed by atoms with Crippen molar-refractivity contribution < 1.29 is 9.00 Å². The molecule has 0 radical (unpaired) electrons. The molecule has 1 aromatic heterocycles. The molecule has 1 heterocycles. The van der Waals surface area contributed by atoms with Crippen LogP contribution >= 0.6 is 11.6 Å². The third-order valence-electron chi connectivity index (χ3n) is 3.72. The van der Waals surface area contributed by atoms with Crippen LogP contribution in [0.3, 0.4) is 0 Å². The number of nitrogens with one attached hydrogen (secondary N) is 1. The van der Waals surface area contributed by atoms with Gasteiger partial charge in [-0.1, -0.05) is 30.7 Å². The number of nitrogens with zero attached hydrogens (tertiary/aromatic N) is 3. The first-order chi connectivity index (χ1) is 12.5. The van der Waals surface area contributed by atoms with Gasteiger partial charge in [-0.3, -0.25) is 9.00 Å². The molecule has 0 aliphatic heterocycles. The minimum atomic E-state index is -1.06. The Labute approximate surface area is 158 Å². The average molecular weight is 389 g/mol. The third-order valence-corrected chi connectivity index (χ3v) is 4.97. The van der Waals surface area contributed by atoms with Crippen LogP contribution in [0.15, 0.2) is 53.4 Å². The highest BCUT2D eigenvalue weighted by Crippen LogP contribution is 2.21. The van der Waals surface area contributed by atoms with Gasteiger partial charge in [0.1, 0.15) is 5.82 Å². The fourth-order valence-electron chi connectivity index (χ4n) is 2.40. The summed E-state index contributed by atoms with van der Waals surface area (Å²) in [4.78, 5) is 17.5. The number of anilines is 1. The highest BCUT2D eigenvalue weighted by molar-refractivity contribution is 7.84. The lowest BCUT2D eigenvalue weighted by Gasteiger charge is -2.05. The van der Waals surface area contributed by atoms with E-state index >= 15 is 0 Å². The molecule has 1 atom stereocenters. The monoisotopic (exact) mass is 388 g/mol. The van der Waals surface area contributed by atoms with Gasteiger partial charge in [-0.15, -0.1) is 5.10 Å². The summed E-state index contributed by atoms with van der Waals surface area (Å²) in [7, 11) is -1.06. The van der Waals surface area contributed by atoms with Gasteiger partial charge in [0.25, 0.3) is 5.91 Å². The number of hydrogen-bond acceptors (Lipinski definition) is 4.